The van der Waals surface area contributed by atoms with E-state index in [2.05, 4.69) is 4.98 Å². The number of hydrogen-bond donors (Lipinski definition) is 0. The van der Waals surface area contributed by atoms with Gasteiger partial charge in [-0.3, -0.25) is 0 Å². The molecule has 2 nitrogen and oxygen atoms in total. The molecule has 0 aliphatic heterocycles. The average Bonchev–Trinajstić information content (AvgIpc) is 2.27. The molecule has 0 N–H and O–H groups in total. The summed E-state index contributed by atoms with van der Waals surface area (Å²) in [6, 6.07) is 3.73. The van der Waals surface area contributed by atoms with Crippen LogP contribution in [0.15, 0.2) is 24.5 Å². The van der Waals surface area contributed by atoms with Crippen molar-refractivity contribution in [1.29, 1.82) is 0 Å². The Morgan fingerprint density at radius 1 is 1.36 bits per heavy atom. The van der Waals surface area contributed by atoms with Crippen molar-refractivity contribution in [1.82, 2.24) is 9.38 Å². The van der Waals surface area contributed by atoms with E-state index in [4.69, 9.17) is 11.6 Å². The monoisotopic (exact) mass is 166 g/mol. The average molecular weight is 167 g/mol. The molecule has 0 fully saturated rings. The molecule has 0 aromatic carbocycles. The molecule has 2 rings (SSSR count). The zero-order valence-electron chi connectivity index (χ0n) is 6.08. The van der Waals surface area contributed by atoms with Crippen LogP contribution in [0.3, 0.4) is 0 Å². The van der Waals surface area contributed by atoms with Crippen LogP contribution in [0.2, 0.25) is 5.02 Å². The molecular formula is C8H7ClN2. The number of aromatic nitrogens is 2. The molecule has 0 aliphatic rings. The topological polar surface area (TPSA) is 17.3 Å². The van der Waals surface area contributed by atoms with Crippen molar-refractivity contribution < 1.29 is 0 Å². The lowest BCUT2D eigenvalue weighted by molar-refractivity contribution is 1.18. The van der Waals surface area contributed by atoms with Crippen LogP contribution in [0, 0.1) is 6.92 Å². The normalized spacial score (nSPS) is 10.7. The third kappa shape index (κ3) is 1.10. The van der Waals surface area contributed by atoms with Gasteiger partial charge in [0, 0.05) is 12.4 Å². The van der Waals surface area contributed by atoms with Crippen LogP contribution in [0.25, 0.3) is 5.65 Å². The van der Waals surface area contributed by atoms with Crippen molar-refractivity contribution in [2.45, 2.75) is 6.92 Å². The predicted molar refractivity (Wildman–Crippen MR) is 44.9 cm³/mol. The molecule has 11 heavy (non-hydrogen) atoms. The molecule has 0 aliphatic carbocycles. The van der Waals surface area contributed by atoms with E-state index >= 15 is 0 Å². The first-order chi connectivity index (χ1) is 5.25. The van der Waals surface area contributed by atoms with Crippen molar-refractivity contribution in [2.75, 3.05) is 0 Å². The van der Waals surface area contributed by atoms with Crippen LogP contribution in [-0.2, 0) is 0 Å². The molecule has 2 aromatic heterocycles. The summed E-state index contributed by atoms with van der Waals surface area (Å²) in [6.45, 7) is 1.96. The maximum atomic E-state index is 5.78. The molecule has 0 spiro atoms. The highest BCUT2D eigenvalue weighted by atomic mass is 35.5. The molecular weight excluding hydrogens is 160 g/mol. The number of aryl methyl sites for hydroxylation is 1. The third-order valence-corrected chi connectivity index (χ3v) is 1.76. The second kappa shape index (κ2) is 2.24. The van der Waals surface area contributed by atoms with Gasteiger partial charge in [-0.1, -0.05) is 11.6 Å². The molecule has 0 saturated heterocycles. The zero-order valence-corrected chi connectivity index (χ0v) is 6.84. The van der Waals surface area contributed by atoms with Crippen LogP contribution in [0.4, 0.5) is 0 Å². The zero-order chi connectivity index (χ0) is 7.84. The van der Waals surface area contributed by atoms with Crippen LogP contribution in [-0.4, -0.2) is 9.38 Å². The van der Waals surface area contributed by atoms with Gasteiger partial charge in [-0.25, -0.2) is 4.98 Å². The van der Waals surface area contributed by atoms with Gasteiger partial charge in [0.2, 0.25) is 0 Å². The van der Waals surface area contributed by atoms with Crippen LogP contribution in [0.1, 0.15) is 5.69 Å². The Bertz CT molecular complexity index is 392. The van der Waals surface area contributed by atoms with Crippen molar-refractivity contribution >= 4 is 17.2 Å². The molecule has 0 atom stereocenters. The number of halogens is 1. The first-order valence-electron chi connectivity index (χ1n) is 3.36. The van der Waals surface area contributed by atoms with Crippen LogP contribution < -0.4 is 0 Å². The molecule has 0 unspecified atom stereocenters. The highest BCUT2D eigenvalue weighted by Crippen LogP contribution is 2.10. The SMILES string of the molecule is Cc1cn2cc(Cl)ccc2n1. The summed E-state index contributed by atoms with van der Waals surface area (Å²) in [5.41, 5.74) is 1.94. The van der Waals surface area contributed by atoms with Crippen molar-refractivity contribution in [3.8, 4) is 0 Å². The third-order valence-electron chi connectivity index (χ3n) is 1.54. The molecule has 0 radical (unpaired) electrons. The number of fused-ring (bicyclic) bond motifs is 1. The Kier molecular flexibility index (Phi) is 1.36. The lowest BCUT2D eigenvalue weighted by atomic mass is 10.5. The van der Waals surface area contributed by atoms with E-state index in [-0.39, 0.29) is 0 Å². The van der Waals surface area contributed by atoms with Gasteiger partial charge in [-0.15, -0.1) is 0 Å². The van der Waals surface area contributed by atoms with Gasteiger partial charge < -0.3 is 4.40 Å². The Morgan fingerprint density at radius 3 is 3.00 bits per heavy atom. The molecule has 2 aromatic rings. The molecule has 3 heteroatoms. The summed E-state index contributed by atoms with van der Waals surface area (Å²) in [5, 5.41) is 0.731. The maximum absolute atomic E-state index is 5.78. The Morgan fingerprint density at radius 2 is 2.18 bits per heavy atom. The predicted octanol–water partition coefficient (Wildman–Crippen LogP) is 2.30. The summed E-state index contributed by atoms with van der Waals surface area (Å²) < 4.78 is 1.91. The first-order valence-corrected chi connectivity index (χ1v) is 3.74. The van der Waals surface area contributed by atoms with Crippen molar-refractivity contribution in [3.05, 3.63) is 35.2 Å². The van der Waals surface area contributed by atoms with Gasteiger partial charge in [0.25, 0.3) is 0 Å². The number of pyridine rings is 1. The van der Waals surface area contributed by atoms with Gasteiger partial charge in [-0.05, 0) is 19.1 Å². The second-order valence-corrected chi connectivity index (χ2v) is 2.93. The van der Waals surface area contributed by atoms with Gasteiger partial charge >= 0.3 is 0 Å². The lowest BCUT2D eigenvalue weighted by Crippen LogP contribution is -1.79. The highest BCUT2D eigenvalue weighted by molar-refractivity contribution is 6.30. The Balaban J connectivity index is 2.82. The van der Waals surface area contributed by atoms with Crippen molar-refractivity contribution in [2.24, 2.45) is 0 Å². The molecule has 0 bridgehead atoms. The fourth-order valence-corrected chi connectivity index (χ4v) is 1.26. The largest absolute Gasteiger partial charge is 0.305 e. The van der Waals surface area contributed by atoms with E-state index < -0.39 is 0 Å². The van der Waals surface area contributed by atoms with E-state index in [1.165, 1.54) is 0 Å². The first kappa shape index (κ1) is 6.68. The fraction of sp³-hybridized carbons (Fsp3) is 0.125. The number of rotatable bonds is 0. The minimum Gasteiger partial charge on any atom is -0.305 e. The van der Waals surface area contributed by atoms with E-state index in [0.29, 0.717) is 0 Å². The maximum Gasteiger partial charge on any atom is 0.137 e. The molecule has 0 saturated carbocycles. The van der Waals surface area contributed by atoms with E-state index in [1.54, 1.807) is 0 Å². The Hall–Kier alpha value is -1.02. The lowest BCUT2D eigenvalue weighted by Gasteiger charge is -1.91. The van der Waals surface area contributed by atoms with Crippen molar-refractivity contribution in [3.63, 3.8) is 0 Å². The smallest absolute Gasteiger partial charge is 0.137 e. The van der Waals surface area contributed by atoms with E-state index in [0.717, 1.165) is 16.4 Å². The van der Waals surface area contributed by atoms with Gasteiger partial charge in [0.05, 0.1) is 10.7 Å². The van der Waals surface area contributed by atoms with E-state index in [9.17, 15) is 0 Å². The summed E-state index contributed by atoms with van der Waals surface area (Å²) in [6.07, 6.45) is 3.79. The fourth-order valence-electron chi connectivity index (χ4n) is 1.09. The molecule has 56 valence electrons. The summed E-state index contributed by atoms with van der Waals surface area (Å²) >= 11 is 5.78. The summed E-state index contributed by atoms with van der Waals surface area (Å²) in [7, 11) is 0. The minimum atomic E-state index is 0.731. The molecule has 0 amide bonds. The standard InChI is InChI=1S/C8H7ClN2/c1-6-4-11-5-7(9)2-3-8(11)10-6/h2-5H,1H3. The number of hydrogen-bond acceptors (Lipinski definition) is 1. The Labute approximate surface area is 69.4 Å². The van der Waals surface area contributed by atoms with Gasteiger partial charge in [-0.2, -0.15) is 0 Å². The number of imidazole rings is 1. The van der Waals surface area contributed by atoms with Crippen LogP contribution in [0.5, 0.6) is 0 Å². The summed E-state index contributed by atoms with van der Waals surface area (Å²) in [5.74, 6) is 0. The quantitative estimate of drug-likeness (QED) is 0.587. The number of nitrogens with zero attached hydrogens (tertiary/aromatic N) is 2. The van der Waals surface area contributed by atoms with Crippen LogP contribution >= 0.6 is 11.6 Å². The minimum absolute atomic E-state index is 0.731. The van der Waals surface area contributed by atoms with E-state index in [1.807, 2.05) is 35.9 Å². The highest BCUT2D eigenvalue weighted by Gasteiger charge is 1.95. The summed E-state index contributed by atoms with van der Waals surface area (Å²) in [4.78, 5) is 4.26. The molecule has 2 heterocycles. The van der Waals surface area contributed by atoms with Gasteiger partial charge in [0.15, 0.2) is 0 Å². The van der Waals surface area contributed by atoms with Gasteiger partial charge in [0.1, 0.15) is 5.65 Å². The second-order valence-electron chi connectivity index (χ2n) is 2.50.